The number of aryl methyl sites for hydroxylation is 4. The predicted molar refractivity (Wildman–Crippen MR) is 395 cm³/mol. The lowest BCUT2D eigenvalue weighted by molar-refractivity contribution is 1.07. The summed E-state index contributed by atoms with van der Waals surface area (Å²) in [6, 6.07) is 108. The number of hydrogen-bond donors (Lipinski definition) is 0. The van der Waals surface area contributed by atoms with E-state index in [1.165, 1.54) is 55.3 Å². The minimum absolute atomic E-state index is 0.562. The van der Waals surface area contributed by atoms with Gasteiger partial charge in [0.15, 0.2) is 34.9 Å². The quantitative estimate of drug-likeness (QED) is 0.121. The lowest BCUT2D eigenvalue weighted by Gasteiger charge is -2.16. The maximum Gasteiger partial charge on any atom is 0.164 e. The number of aromatic nitrogens is 8. The molecule has 0 atom stereocenters. The van der Waals surface area contributed by atoms with E-state index in [1.807, 2.05) is 72.8 Å². The van der Waals surface area contributed by atoms with Gasteiger partial charge in [0.2, 0.25) is 0 Å². The van der Waals surface area contributed by atoms with Crippen molar-refractivity contribution in [2.24, 2.45) is 0 Å². The van der Waals surface area contributed by atoms with E-state index in [0.717, 1.165) is 99.8 Å². The Bertz CT molecular complexity index is 5400. The van der Waals surface area contributed by atoms with Crippen LogP contribution in [-0.4, -0.2) is 39.0 Å². The Labute approximate surface area is 556 Å². The van der Waals surface area contributed by atoms with Gasteiger partial charge in [0.05, 0.1) is 22.1 Å². The molecule has 0 fully saturated rings. The molecule has 0 saturated carbocycles. The van der Waals surface area contributed by atoms with Gasteiger partial charge >= 0.3 is 0 Å². The first-order chi connectivity index (χ1) is 47.2. The van der Waals surface area contributed by atoms with Crippen LogP contribution < -0.4 is 0 Å². The first kappa shape index (κ1) is 57.4. The Balaban J connectivity index is 0.893. The van der Waals surface area contributed by atoms with Gasteiger partial charge in [-0.3, -0.25) is 0 Å². The molecule has 0 aliphatic rings. The van der Waals surface area contributed by atoms with Crippen molar-refractivity contribution in [3.8, 4) is 124 Å². The van der Waals surface area contributed by atoms with Crippen LogP contribution in [0.3, 0.4) is 0 Å². The molecule has 4 aromatic heterocycles. The molecule has 8 heteroatoms. The molecule has 96 heavy (non-hydrogen) atoms. The summed E-state index contributed by atoms with van der Waals surface area (Å²) in [5, 5.41) is 4.66. The Morgan fingerprint density at radius 2 is 0.500 bits per heavy atom. The number of hydrogen-bond acceptors (Lipinski definition) is 6. The first-order valence-corrected chi connectivity index (χ1v) is 32.6. The van der Waals surface area contributed by atoms with Gasteiger partial charge in [-0.05, 0) is 162 Å². The fourth-order valence-corrected chi connectivity index (χ4v) is 13.9. The van der Waals surface area contributed by atoms with Gasteiger partial charge in [-0.1, -0.05) is 236 Å². The minimum atomic E-state index is 0.562. The van der Waals surface area contributed by atoms with E-state index >= 15 is 0 Å². The number of rotatable bonds is 12. The molecule has 8 nitrogen and oxygen atoms in total. The molecule has 17 aromatic rings. The van der Waals surface area contributed by atoms with Crippen LogP contribution in [0.2, 0.25) is 0 Å². The van der Waals surface area contributed by atoms with Crippen LogP contribution in [0.4, 0.5) is 0 Å². The zero-order chi connectivity index (χ0) is 64.4. The highest BCUT2D eigenvalue weighted by Gasteiger charge is 2.22. The Hall–Kier alpha value is -12.5. The molecule has 0 radical (unpaired) electrons. The third-order valence-electron chi connectivity index (χ3n) is 18.5. The molecule has 0 bridgehead atoms. The van der Waals surface area contributed by atoms with Gasteiger partial charge in [0, 0.05) is 66.3 Å². The zero-order valence-corrected chi connectivity index (χ0v) is 53.4. The Morgan fingerprint density at radius 3 is 0.865 bits per heavy atom. The Morgan fingerprint density at radius 1 is 0.198 bits per heavy atom. The maximum absolute atomic E-state index is 5.35. The van der Waals surface area contributed by atoms with Crippen molar-refractivity contribution in [2.75, 3.05) is 0 Å². The fourth-order valence-electron chi connectivity index (χ4n) is 13.9. The molecule has 0 N–H and O–H groups in total. The molecular formula is C88H62N8. The van der Waals surface area contributed by atoms with E-state index in [4.69, 9.17) is 29.9 Å². The van der Waals surface area contributed by atoms with Gasteiger partial charge in [-0.15, -0.1) is 0 Å². The van der Waals surface area contributed by atoms with Crippen molar-refractivity contribution in [3.05, 3.63) is 326 Å². The van der Waals surface area contributed by atoms with Crippen molar-refractivity contribution in [1.82, 2.24) is 39.0 Å². The highest BCUT2D eigenvalue weighted by atomic mass is 15.1. The molecule has 4 heterocycles. The lowest BCUT2D eigenvalue weighted by atomic mass is 9.95. The van der Waals surface area contributed by atoms with Gasteiger partial charge in [0.25, 0.3) is 0 Å². The van der Waals surface area contributed by atoms with Crippen LogP contribution in [0, 0.1) is 27.7 Å². The predicted octanol–water partition coefficient (Wildman–Crippen LogP) is 22.2. The molecule has 0 unspecified atom stereocenters. The molecule has 17 rings (SSSR count). The van der Waals surface area contributed by atoms with E-state index < -0.39 is 0 Å². The number of nitrogens with zero attached hydrogens (tertiary/aromatic N) is 8. The van der Waals surface area contributed by atoms with E-state index in [0.29, 0.717) is 34.9 Å². The molecule has 13 aromatic carbocycles. The average Bonchev–Trinajstić information content (AvgIpc) is 1.58. The summed E-state index contributed by atoms with van der Waals surface area (Å²) >= 11 is 0. The van der Waals surface area contributed by atoms with Crippen LogP contribution in [0.25, 0.3) is 168 Å². The molecule has 0 spiro atoms. The standard InChI is InChI=1S/C88H62N8/c1-55-36-40-73(57(3)44-55)65-38-42-81-77(53-65)75-32-17-19-34-79(75)95(81)71-49-67(47-69(51-71)87-91-83(59-22-9-5-10-23-59)89-84(92-87)60-24-11-6-12-25-60)63-30-21-31-64(46-63)68-48-70(88-93-85(61-26-13-7-14-27-61)90-86(94-88)62-28-15-8-16-29-62)52-72(50-68)96-80-35-20-18-33-76(80)78-54-66(39-43-82(78)96)74-41-37-56(2)45-58(74)4/h5-54H,1-4H3. The van der Waals surface area contributed by atoms with Crippen molar-refractivity contribution in [1.29, 1.82) is 0 Å². The summed E-state index contributed by atoms with van der Waals surface area (Å²) in [6.07, 6.45) is 0. The van der Waals surface area contributed by atoms with Gasteiger partial charge in [0.1, 0.15) is 0 Å². The SMILES string of the molecule is Cc1ccc(-c2ccc3c(c2)c2ccccc2n3-c2cc(-c3cccc(-c4cc(-c5nc(-c6ccccc6)nc(-c6ccccc6)n5)cc(-n5c6ccccc6c6cc(-c7ccc(C)cc7C)ccc65)c4)c3)cc(-c3nc(-c4ccccc4)nc(-c4ccccc4)n3)c2)c(C)c1. The smallest absolute Gasteiger partial charge is 0.164 e. The monoisotopic (exact) mass is 1230 g/mol. The molecule has 0 amide bonds. The third-order valence-corrected chi connectivity index (χ3v) is 18.5. The van der Waals surface area contributed by atoms with Crippen molar-refractivity contribution >= 4 is 43.6 Å². The van der Waals surface area contributed by atoms with Crippen LogP contribution in [0.15, 0.2) is 303 Å². The number of para-hydroxylation sites is 2. The molecule has 454 valence electrons. The second kappa shape index (κ2) is 23.9. The van der Waals surface area contributed by atoms with Gasteiger partial charge in [-0.25, -0.2) is 29.9 Å². The molecule has 0 aliphatic heterocycles. The van der Waals surface area contributed by atoms with Gasteiger partial charge < -0.3 is 9.13 Å². The molecule has 0 aliphatic carbocycles. The van der Waals surface area contributed by atoms with Crippen LogP contribution in [-0.2, 0) is 0 Å². The molecular weight excluding hydrogens is 1170 g/mol. The second-order valence-electron chi connectivity index (χ2n) is 25.0. The van der Waals surface area contributed by atoms with E-state index in [2.05, 4.69) is 267 Å². The summed E-state index contributed by atoms with van der Waals surface area (Å²) in [5.41, 5.74) is 25.4. The minimum Gasteiger partial charge on any atom is -0.309 e. The van der Waals surface area contributed by atoms with E-state index in [1.54, 1.807) is 0 Å². The van der Waals surface area contributed by atoms with Crippen molar-refractivity contribution in [3.63, 3.8) is 0 Å². The zero-order valence-electron chi connectivity index (χ0n) is 53.4. The summed E-state index contributed by atoms with van der Waals surface area (Å²) in [4.78, 5) is 31.7. The highest BCUT2D eigenvalue weighted by molar-refractivity contribution is 6.12. The largest absolute Gasteiger partial charge is 0.309 e. The normalized spacial score (nSPS) is 11.5. The third kappa shape index (κ3) is 10.6. The van der Waals surface area contributed by atoms with Crippen LogP contribution in [0.1, 0.15) is 22.3 Å². The number of benzene rings is 13. The van der Waals surface area contributed by atoms with E-state index in [9.17, 15) is 0 Å². The summed E-state index contributed by atoms with van der Waals surface area (Å²) in [7, 11) is 0. The highest BCUT2D eigenvalue weighted by Crippen LogP contribution is 2.42. The average molecular weight is 1230 g/mol. The summed E-state index contributed by atoms with van der Waals surface area (Å²) in [6.45, 7) is 8.71. The maximum atomic E-state index is 5.35. The second-order valence-corrected chi connectivity index (χ2v) is 25.0. The van der Waals surface area contributed by atoms with Gasteiger partial charge in [-0.2, -0.15) is 0 Å². The van der Waals surface area contributed by atoms with Crippen molar-refractivity contribution in [2.45, 2.75) is 27.7 Å². The Kier molecular flexibility index (Phi) is 14.3. The topological polar surface area (TPSA) is 87.2 Å². The lowest BCUT2D eigenvalue weighted by Crippen LogP contribution is -2.02. The molecule has 0 saturated heterocycles. The van der Waals surface area contributed by atoms with Crippen molar-refractivity contribution < 1.29 is 0 Å². The van der Waals surface area contributed by atoms with Crippen LogP contribution >= 0.6 is 0 Å². The van der Waals surface area contributed by atoms with E-state index in [-0.39, 0.29) is 0 Å². The first-order valence-electron chi connectivity index (χ1n) is 32.6. The number of fused-ring (bicyclic) bond motifs is 6. The summed E-state index contributed by atoms with van der Waals surface area (Å²) in [5.74, 6) is 3.49. The summed E-state index contributed by atoms with van der Waals surface area (Å²) < 4.78 is 4.80. The van der Waals surface area contributed by atoms with Crippen LogP contribution in [0.5, 0.6) is 0 Å². The fraction of sp³-hybridized carbons (Fsp3) is 0.0455.